The van der Waals surface area contributed by atoms with Gasteiger partial charge >= 0.3 is 0 Å². The molecule has 1 amide bonds. The van der Waals surface area contributed by atoms with Gasteiger partial charge in [0.05, 0.1) is 18.0 Å². The average Bonchev–Trinajstić information content (AvgIpc) is 3.05. The summed E-state index contributed by atoms with van der Waals surface area (Å²) in [5.74, 6) is -0.122. The molecule has 22 heavy (non-hydrogen) atoms. The SMILES string of the molecule is CN(C(=O)c1cnn(-c2ccccc2)n1)C1CCC(O)CC1. The van der Waals surface area contributed by atoms with Crippen LogP contribution >= 0.6 is 0 Å². The smallest absolute Gasteiger partial charge is 0.276 e. The highest BCUT2D eigenvalue weighted by atomic mass is 16.3. The molecule has 1 saturated carbocycles. The second-order valence-corrected chi connectivity index (χ2v) is 5.73. The zero-order chi connectivity index (χ0) is 15.5. The van der Waals surface area contributed by atoms with Gasteiger partial charge in [0.15, 0.2) is 5.69 Å². The molecule has 1 aromatic heterocycles. The fraction of sp³-hybridized carbons (Fsp3) is 0.438. The molecule has 0 atom stereocenters. The number of rotatable bonds is 3. The first-order chi connectivity index (χ1) is 10.6. The predicted octanol–water partition coefficient (Wildman–Crippen LogP) is 1.64. The van der Waals surface area contributed by atoms with Crippen molar-refractivity contribution in [1.29, 1.82) is 0 Å². The standard InChI is InChI=1S/C16H20N4O2/c1-19(12-7-9-14(21)10-8-12)16(22)15-11-17-20(18-15)13-5-3-2-4-6-13/h2-6,11-12,14,21H,7-10H2,1H3. The van der Waals surface area contributed by atoms with Gasteiger partial charge < -0.3 is 10.0 Å². The van der Waals surface area contributed by atoms with Crippen LogP contribution in [0.3, 0.4) is 0 Å². The van der Waals surface area contributed by atoms with E-state index in [0.717, 1.165) is 31.4 Å². The number of carbonyl (C=O) groups is 1. The Bertz CT molecular complexity index is 633. The van der Waals surface area contributed by atoms with Gasteiger partial charge in [0, 0.05) is 13.1 Å². The molecule has 0 spiro atoms. The van der Waals surface area contributed by atoms with E-state index in [0.29, 0.717) is 5.69 Å². The van der Waals surface area contributed by atoms with Gasteiger partial charge in [-0.3, -0.25) is 4.79 Å². The number of nitrogens with zero attached hydrogens (tertiary/aromatic N) is 4. The van der Waals surface area contributed by atoms with E-state index in [-0.39, 0.29) is 18.1 Å². The highest BCUT2D eigenvalue weighted by Crippen LogP contribution is 2.23. The Labute approximate surface area is 129 Å². The minimum atomic E-state index is -0.223. The maximum Gasteiger partial charge on any atom is 0.276 e. The van der Waals surface area contributed by atoms with E-state index in [9.17, 15) is 9.90 Å². The molecule has 1 aliphatic carbocycles. The Morgan fingerprint density at radius 1 is 1.23 bits per heavy atom. The highest BCUT2D eigenvalue weighted by Gasteiger charge is 2.27. The molecule has 0 unspecified atom stereocenters. The summed E-state index contributed by atoms with van der Waals surface area (Å²) < 4.78 is 0. The maximum atomic E-state index is 12.5. The molecule has 1 heterocycles. The Hall–Kier alpha value is -2.21. The van der Waals surface area contributed by atoms with E-state index in [1.54, 1.807) is 11.9 Å². The number of hydrogen-bond donors (Lipinski definition) is 1. The molecule has 0 radical (unpaired) electrons. The molecule has 0 bridgehead atoms. The molecule has 1 aromatic carbocycles. The van der Waals surface area contributed by atoms with Crippen molar-refractivity contribution in [1.82, 2.24) is 19.9 Å². The van der Waals surface area contributed by atoms with E-state index in [1.807, 2.05) is 30.3 Å². The molecule has 0 aliphatic heterocycles. The molecule has 116 valence electrons. The first-order valence-corrected chi connectivity index (χ1v) is 7.58. The van der Waals surface area contributed by atoms with Gasteiger partial charge in [-0.1, -0.05) is 18.2 Å². The molecule has 3 rings (SSSR count). The minimum absolute atomic E-state index is 0.122. The van der Waals surface area contributed by atoms with Gasteiger partial charge in [0.1, 0.15) is 0 Å². The van der Waals surface area contributed by atoms with Gasteiger partial charge in [0.25, 0.3) is 5.91 Å². The van der Waals surface area contributed by atoms with Crippen molar-refractivity contribution in [2.24, 2.45) is 0 Å². The van der Waals surface area contributed by atoms with Gasteiger partial charge in [0.2, 0.25) is 0 Å². The molecule has 1 aliphatic rings. The van der Waals surface area contributed by atoms with E-state index in [1.165, 1.54) is 11.0 Å². The van der Waals surface area contributed by atoms with Crippen LogP contribution in [0.15, 0.2) is 36.5 Å². The summed E-state index contributed by atoms with van der Waals surface area (Å²) in [5, 5.41) is 18.0. The number of amides is 1. The third-order valence-corrected chi connectivity index (χ3v) is 4.23. The summed E-state index contributed by atoms with van der Waals surface area (Å²) in [6.07, 6.45) is 4.44. The fourth-order valence-corrected chi connectivity index (χ4v) is 2.84. The van der Waals surface area contributed by atoms with Crippen LogP contribution in [0.2, 0.25) is 0 Å². The largest absolute Gasteiger partial charge is 0.393 e. The van der Waals surface area contributed by atoms with Crippen LogP contribution in [0.5, 0.6) is 0 Å². The highest BCUT2D eigenvalue weighted by molar-refractivity contribution is 5.92. The number of hydrogen-bond acceptors (Lipinski definition) is 4. The van der Waals surface area contributed by atoms with Crippen molar-refractivity contribution in [3.63, 3.8) is 0 Å². The van der Waals surface area contributed by atoms with E-state index in [2.05, 4.69) is 10.2 Å². The van der Waals surface area contributed by atoms with Crippen molar-refractivity contribution in [2.45, 2.75) is 37.8 Å². The van der Waals surface area contributed by atoms with Crippen LogP contribution in [0.25, 0.3) is 5.69 Å². The van der Waals surface area contributed by atoms with E-state index >= 15 is 0 Å². The third-order valence-electron chi connectivity index (χ3n) is 4.23. The second-order valence-electron chi connectivity index (χ2n) is 5.73. The van der Waals surface area contributed by atoms with Crippen LogP contribution in [0, 0.1) is 0 Å². The molecule has 6 nitrogen and oxygen atoms in total. The summed E-state index contributed by atoms with van der Waals surface area (Å²) >= 11 is 0. The lowest BCUT2D eigenvalue weighted by Crippen LogP contribution is -2.40. The zero-order valence-electron chi connectivity index (χ0n) is 12.6. The van der Waals surface area contributed by atoms with Crippen LogP contribution in [-0.4, -0.2) is 50.1 Å². The third kappa shape index (κ3) is 3.01. The van der Waals surface area contributed by atoms with E-state index < -0.39 is 0 Å². The summed E-state index contributed by atoms with van der Waals surface area (Å²) in [6.45, 7) is 0. The molecular formula is C16H20N4O2. The molecular weight excluding hydrogens is 280 g/mol. The monoisotopic (exact) mass is 300 g/mol. The number of carbonyl (C=O) groups excluding carboxylic acids is 1. The van der Waals surface area contributed by atoms with Gasteiger partial charge in [-0.25, -0.2) is 0 Å². The summed E-state index contributed by atoms with van der Waals surface area (Å²) in [6, 6.07) is 9.67. The molecule has 1 N–H and O–H groups in total. The van der Waals surface area contributed by atoms with Crippen LogP contribution in [0.4, 0.5) is 0 Å². The number of aliphatic hydroxyl groups excluding tert-OH is 1. The predicted molar refractivity (Wildman–Crippen MR) is 81.7 cm³/mol. The first-order valence-electron chi connectivity index (χ1n) is 7.58. The quantitative estimate of drug-likeness (QED) is 0.935. The lowest BCUT2D eigenvalue weighted by molar-refractivity contribution is 0.0564. The van der Waals surface area contributed by atoms with Crippen LogP contribution < -0.4 is 0 Å². The van der Waals surface area contributed by atoms with Crippen molar-refractivity contribution < 1.29 is 9.90 Å². The number of benzene rings is 1. The van der Waals surface area contributed by atoms with Crippen molar-refractivity contribution in [3.8, 4) is 5.69 Å². The summed E-state index contributed by atoms with van der Waals surface area (Å²) in [7, 11) is 1.80. The Morgan fingerprint density at radius 2 is 1.91 bits per heavy atom. The van der Waals surface area contributed by atoms with Crippen molar-refractivity contribution in [3.05, 3.63) is 42.2 Å². The lowest BCUT2D eigenvalue weighted by atomic mass is 9.92. The average molecular weight is 300 g/mol. The molecule has 2 aromatic rings. The van der Waals surface area contributed by atoms with Crippen LogP contribution in [0.1, 0.15) is 36.2 Å². The van der Waals surface area contributed by atoms with Crippen LogP contribution in [-0.2, 0) is 0 Å². The summed E-state index contributed by atoms with van der Waals surface area (Å²) in [4.78, 5) is 15.7. The number of aromatic nitrogens is 3. The molecule has 0 saturated heterocycles. The second kappa shape index (κ2) is 6.27. The Kier molecular flexibility index (Phi) is 4.20. The molecule has 1 fully saturated rings. The number of aliphatic hydroxyl groups is 1. The maximum absolute atomic E-state index is 12.5. The van der Waals surface area contributed by atoms with E-state index in [4.69, 9.17) is 0 Å². The Balaban J connectivity index is 1.71. The van der Waals surface area contributed by atoms with Gasteiger partial charge in [-0.15, -0.1) is 5.10 Å². The Morgan fingerprint density at radius 3 is 2.59 bits per heavy atom. The van der Waals surface area contributed by atoms with Crippen molar-refractivity contribution in [2.75, 3.05) is 7.05 Å². The number of para-hydroxylation sites is 1. The summed E-state index contributed by atoms with van der Waals surface area (Å²) in [5.41, 5.74) is 1.17. The molecule has 6 heteroatoms. The minimum Gasteiger partial charge on any atom is -0.393 e. The fourth-order valence-electron chi connectivity index (χ4n) is 2.84. The zero-order valence-corrected chi connectivity index (χ0v) is 12.6. The van der Waals surface area contributed by atoms with Gasteiger partial charge in [-0.05, 0) is 37.8 Å². The van der Waals surface area contributed by atoms with Crippen molar-refractivity contribution >= 4 is 5.91 Å². The topological polar surface area (TPSA) is 71.2 Å². The van der Waals surface area contributed by atoms with Gasteiger partial charge in [-0.2, -0.15) is 9.90 Å². The normalized spacial score (nSPS) is 21.5. The lowest BCUT2D eigenvalue weighted by Gasteiger charge is -2.32. The first kappa shape index (κ1) is 14.7.